The Labute approximate surface area is 85.3 Å². The monoisotopic (exact) mass is 204 g/mol. The fourth-order valence-corrected chi connectivity index (χ4v) is 1.59. The van der Waals surface area contributed by atoms with Crippen LogP contribution in [0.2, 0.25) is 0 Å². The van der Waals surface area contributed by atoms with Gasteiger partial charge in [0.15, 0.2) is 0 Å². The molecule has 0 heterocycles. The van der Waals surface area contributed by atoms with Crippen molar-refractivity contribution in [2.24, 2.45) is 39.8 Å². The summed E-state index contributed by atoms with van der Waals surface area (Å²) in [6.07, 6.45) is 0. The summed E-state index contributed by atoms with van der Waals surface area (Å²) in [5, 5.41) is 0. The van der Waals surface area contributed by atoms with Crippen molar-refractivity contribution < 1.29 is 0 Å². The maximum Gasteiger partial charge on any atom is 0.0248 e. The lowest BCUT2D eigenvalue weighted by atomic mass is 9.70. The third kappa shape index (κ3) is 2.41. The molecule has 14 heavy (non-hydrogen) atoms. The third-order valence-electron chi connectivity index (χ3n) is 3.16. The Morgan fingerprint density at radius 3 is 1.14 bits per heavy atom. The molecule has 0 saturated carbocycles. The highest BCUT2D eigenvalue weighted by Gasteiger charge is 2.41. The van der Waals surface area contributed by atoms with E-state index in [1.807, 2.05) is 6.92 Å². The lowest BCUT2D eigenvalue weighted by Crippen LogP contribution is -2.66. The smallest absolute Gasteiger partial charge is 0.0248 e. The van der Waals surface area contributed by atoms with Crippen LogP contribution >= 0.6 is 0 Å². The van der Waals surface area contributed by atoms with Gasteiger partial charge in [0, 0.05) is 43.2 Å². The van der Waals surface area contributed by atoms with E-state index in [1.54, 1.807) is 0 Å². The maximum atomic E-state index is 5.91. The van der Waals surface area contributed by atoms with Crippen LogP contribution in [0.1, 0.15) is 6.92 Å². The molecule has 86 valence electrons. The van der Waals surface area contributed by atoms with Gasteiger partial charge in [-0.1, -0.05) is 6.92 Å². The second kappa shape index (κ2) is 5.59. The zero-order valence-corrected chi connectivity index (χ0v) is 8.82. The van der Waals surface area contributed by atoms with E-state index >= 15 is 0 Å². The summed E-state index contributed by atoms with van der Waals surface area (Å²) in [4.78, 5) is 0. The van der Waals surface area contributed by atoms with Gasteiger partial charge in [0.05, 0.1) is 0 Å². The van der Waals surface area contributed by atoms with Crippen LogP contribution in [-0.2, 0) is 0 Å². The number of hydrogen-bond acceptors (Lipinski definition) is 6. The van der Waals surface area contributed by atoms with Crippen LogP contribution in [0.15, 0.2) is 0 Å². The maximum absolute atomic E-state index is 5.91. The standard InChI is InChI=1S/C8H24N6/c1-8(5(12)2-9,6(13)3-10)7(14)4-11/h5-7H,2-4,9-14H2,1H3. The molecular weight excluding hydrogens is 180 g/mol. The van der Waals surface area contributed by atoms with E-state index < -0.39 is 5.41 Å². The predicted octanol–water partition coefficient (Wildman–Crippen LogP) is -3.15. The Bertz CT molecular complexity index is 135. The van der Waals surface area contributed by atoms with Crippen molar-refractivity contribution in [3.8, 4) is 0 Å². The molecule has 3 atom stereocenters. The molecule has 0 fully saturated rings. The molecule has 0 saturated heterocycles. The van der Waals surface area contributed by atoms with Crippen molar-refractivity contribution in [1.82, 2.24) is 0 Å². The van der Waals surface area contributed by atoms with Crippen molar-refractivity contribution in [2.45, 2.75) is 25.0 Å². The van der Waals surface area contributed by atoms with E-state index in [9.17, 15) is 0 Å². The van der Waals surface area contributed by atoms with Gasteiger partial charge in [0.25, 0.3) is 0 Å². The van der Waals surface area contributed by atoms with Crippen LogP contribution in [0.3, 0.4) is 0 Å². The Morgan fingerprint density at radius 2 is 1.00 bits per heavy atom. The first-order valence-corrected chi connectivity index (χ1v) is 4.82. The molecule has 0 spiro atoms. The predicted molar refractivity (Wildman–Crippen MR) is 59.2 cm³/mol. The van der Waals surface area contributed by atoms with Crippen LogP contribution in [0.4, 0.5) is 0 Å². The minimum atomic E-state index is -0.516. The molecule has 0 aromatic heterocycles. The molecule has 0 aliphatic heterocycles. The minimum Gasteiger partial charge on any atom is -0.329 e. The van der Waals surface area contributed by atoms with Crippen LogP contribution in [0, 0.1) is 5.41 Å². The van der Waals surface area contributed by atoms with Crippen LogP contribution in [0.5, 0.6) is 0 Å². The molecule has 3 unspecified atom stereocenters. The molecule has 0 radical (unpaired) electrons. The molecule has 0 amide bonds. The van der Waals surface area contributed by atoms with E-state index in [0.717, 1.165) is 0 Å². The van der Waals surface area contributed by atoms with E-state index in [-0.39, 0.29) is 18.1 Å². The van der Waals surface area contributed by atoms with Gasteiger partial charge in [-0.15, -0.1) is 0 Å². The fourth-order valence-electron chi connectivity index (χ4n) is 1.59. The summed E-state index contributed by atoms with van der Waals surface area (Å²) in [6.45, 7) is 2.84. The lowest BCUT2D eigenvalue weighted by Gasteiger charge is -2.43. The molecule has 0 aliphatic rings. The minimum absolute atomic E-state index is 0.292. The Kier molecular flexibility index (Phi) is 5.50. The third-order valence-corrected chi connectivity index (χ3v) is 3.16. The quantitative estimate of drug-likeness (QED) is 0.268. The zero-order valence-electron chi connectivity index (χ0n) is 8.82. The highest BCUT2D eigenvalue weighted by Crippen LogP contribution is 2.26. The number of nitrogens with two attached hydrogens (primary N) is 6. The van der Waals surface area contributed by atoms with Crippen LogP contribution in [0.25, 0.3) is 0 Å². The Hall–Kier alpha value is -0.240. The molecule has 12 N–H and O–H groups in total. The van der Waals surface area contributed by atoms with Gasteiger partial charge in [0.2, 0.25) is 0 Å². The summed E-state index contributed by atoms with van der Waals surface area (Å²) in [7, 11) is 0. The Morgan fingerprint density at radius 1 is 0.786 bits per heavy atom. The fraction of sp³-hybridized carbons (Fsp3) is 1.00. The van der Waals surface area contributed by atoms with Gasteiger partial charge in [-0.2, -0.15) is 0 Å². The first kappa shape index (κ1) is 13.8. The van der Waals surface area contributed by atoms with Crippen molar-refractivity contribution in [1.29, 1.82) is 0 Å². The molecule has 0 bridgehead atoms. The summed E-state index contributed by atoms with van der Waals surface area (Å²) in [6, 6.07) is -0.876. The molecule has 6 heteroatoms. The van der Waals surface area contributed by atoms with E-state index in [1.165, 1.54) is 0 Å². The van der Waals surface area contributed by atoms with Crippen molar-refractivity contribution in [2.75, 3.05) is 19.6 Å². The van der Waals surface area contributed by atoms with E-state index in [0.29, 0.717) is 19.6 Å². The summed E-state index contributed by atoms with van der Waals surface area (Å²) < 4.78 is 0. The van der Waals surface area contributed by atoms with Gasteiger partial charge >= 0.3 is 0 Å². The molecular formula is C8H24N6. The van der Waals surface area contributed by atoms with Crippen molar-refractivity contribution >= 4 is 0 Å². The van der Waals surface area contributed by atoms with Crippen molar-refractivity contribution in [3.05, 3.63) is 0 Å². The van der Waals surface area contributed by atoms with Gasteiger partial charge in [0.1, 0.15) is 0 Å². The average molecular weight is 204 g/mol. The summed E-state index contributed by atoms with van der Waals surface area (Å²) in [5.74, 6) is 0. The number of hydrogen-bond donors (Lipinski definition) is 6. The summed E-state index contributed by atoms with van der Waals surface area (Å²) >= 11 is 0. The normalized spacial score (nSPS) is 22.5. The molecule has 0 rings (SSSR count). The topological polar surface area (TPSA) is 156 Å². The average Bonchev–Trinajstić information content (AvgIpc) is 2.24. The summed E-state index contributed by atoms with van der Waals surface area (Å²) in [5.41, 5.74) is 33.8. The van der Waals surface area contributed by atoms with E-state index in [4.69, 9.17) is 34.4 Å². The van der Waals surface area contributed by atoms with Gasteiger partial charge in [-0.25, -0.2) is 0 Å². The lowest BCUT2D eigenvalue weighted by molar-refractivity contribution is 0.161. The second-order valence-electron chi connectivity index (χ2n) is 3.89. The Balaban J connectivity index is 4.83. The molecule has 6 nitrogen and oxygen atoms in total. The highest BCUT2D eigenvalue weighted by molar-refractivity contribution is 5.01. The zero-order chi connectivity index (χ0) is 11.4. The SMILES string of the molecule is CC(C(N)CN)(C(N)CN)C(N)CN. The second-order valence-corrected chi connectivity index (χ2v) is 3.89. The molecule has 0 aliphatic carbocycles. The molecule has 0 aromatic carbocycles. The molecule has 0 aromatic rings. The highest BCUT2D eigenvalue weighted by atomic mass is 14.9. The van der Waals surface area contributed by atoms with Gasteiger partial charge < -0.3 is 34.4 Å². The first-order valence-electron chi connectivity index (χ1n) is 4.82. The number of rotatable bonds is 6. The van der Waals surface area contributed by atoms with E-state index in [2.05, 4.69) is 0 Å². The van der Waals surface area contributed by atoms with Gasteiger partial charge in [-0.05, 0) is 0 Å². The first-order chi connectivity index (χ1) is 6.44. The van der Waals surface area contributed by atoms with Crippen molar-refractivity contribution in [3.63, 3.8) is 0 Å². The van der Waals surface area contributed by atoms with Gasteiger partial charge in [-0.3, -0.25) is 0 Å². The van der Waals surface area contributed by atoms with Crippen LogP contribution < -0.4 is 34.4 Å². The van der Waals surface area contributed by atoms with Crippen LogP contribution in [-0.4, -0.2) is 37.8 Å². The largest absolute Gasteiger partial charge is 0.329 e.